The van der Waals surface area contributed by atoms with E-state index >= 15 is 0 Å². The molecule has 4 heteroatoms. The van der Waals surface area contributed by atoms with Gasteiger partial charge < -0.3 is 15.4 Å². The third-order valence-corrected chi connectivity index (χ3v) is 3.35. The summed E-state index contributed by atoms with van der Waals surface area (Å²) in [6.07, 6.45) is 0. The van der Waals surface area contributed by atoms with E-state index in [0.29, 0.717) is 13.2 Å². The zero-order valence-electron chi connectivity index (χ0n) is 15.0. The van der Waals surface area contributed by atoms with Crippen LogP contribution in [0.4, 0.5) is 0 Å². The Labute approximate surface area is 145 Å². The first-order valence-electron chi connectivity index (χ1n) is 8.21. The minimum atomic E-state index is -0.0169. The lowest BCUT2D eigenvalue weighted by Gasteiger charge is -2.23. The van der Waals surface area contributed by atoms with Crippen molar-refractivity contribution in [2.24, 2.45) is 4.99 Å². The Hall–Kier alpha value is -2.49. The van der Waals surface area contributed by atoms with Crippen molar-refractivity contribution in [1.29, 1.82) is 0 Å². The van der Waals surface area contributed by atoms with Crippen LogP contribution in [0.25, 0.3) is 0 Å². The highest BCUT2D eigenvalue weighted by atomic mass is 16.5. The number of nitrogens with zero attached hydrogens (tertiary/aromatic N) is 1. The van der Waals surface area contributed by atoms with E-state index in [0.717, 1.165) is 11.7 Å². The van der Waals surface area contributed by atoms with Gasteiger partial charge in [0.1, 0.15) is 12.4 Å². The van der Waals surface area contributed by atoms with Crippen LogP contribution in [0.15, 0.2) is 59.6 Å². The van der Waals surface area contributed by atoms with Gasteiger partial charge in [-0.2, -0.15) is 0 Å². The summed E-state index contributed by atoms with van der Waals surface area (Å²) in [5.74, 6) is 1.67. The van der Waals surface area contributed by atoms with Crippen LogP contribution < -0.4 is 15.4 Å². The summed E-state index contributed by atoms with van der Waals surface area (Å²) < 4.78 is 5.80. The van der Waals surface area contributed by atoms with Gasteiger partial charge in [0.15, 0.2) is 5.96 Å². The van der Waals surface area contributed by atoms with Crippen LogP contribution in [-0.2, 0) is 13.2 Å². The summed E-state index contributed by atoms with van der Waals surface area (Å²) in [5, 5.41) is 6.66. The van der Waals surface area contributed by atoms with Gasteiger partial charge in [0, 0.05) is 19.1 Å². The van der Waals surface area contributed by atoms with Gasteiger partial charge in [0.05, 0.1) is 0 Å². The number of ether oxygens (including phenoxy) is 1. The largest absolute Gasteiger partial charge is 0.489 e. The highest BCUT2D eigenvalue weighted by Gasteiger charge is 2.11. The van der Waals surface area contributed by atoms with Crippen molar-refractivity contribution < 1.29 is 4.74 Å². The predicted molar refractivity (Wildman–Crippen MR) is 100 cm³/mol. The van der Waals surface area contributed by atoms with E-state index in [1.165, 1.54) is 11.1 Å². The van der Waals surface area contributed by atoms with Gasteiger partial charge in [-0.25, -0.2) is 0 Å². The van der Waals surface area contributed by atoms with Crippen LogP contribution in [0.1, 0.15) is 31.9 Å². The van der Waals surface area contributed by atoms with Gasteiger partial charge in [0.2, 0.25) is 0 Å². The molecule has 128 valence electrons. The molecular formula is C20H27N3O. The fourth-order valence-corrected chi connectivity index (χ4v) is 2.16. The SMILES string of the molecule is CN=C(NCc1ccc(OCc2ccccc2)cc1)NC(C)(C)C. The van der Waals surface area contributed by atoms with E-state index in [4.69, 9.17) is 4.74 Å². The van der Waals surface area contributed by atoms with Crippen molar-refractivity contribution in [3.63, 3.8) is 0 Å². The molecular weight excluding hydrogens is 298 g/mol. The van der Waals surface area contributed by atoms with Crippen molar-refractivity contribution in [3.8, 4) is 5.75 Å². The summed E-state index contributed by atoms with van der Waals surface area (Å²) in [4.78, 5) is 4.24. The summed E-state index contributed by atoms with van der Waals surface area (Å²) in [6, 6.07) is 18.3. The highest BCUT2D eigenvalue weighted by Crippen LogP contribution is 2.14. The molecule has 0 heterocycles. The first kappa shape index (κ1) is 17.9. The van der Waals surface area contributed by atoms with E-state index in [2.05, 4.69) is 60.7 Å². The van der Waals surface area contributed by atoms with Crippen LogP contribution in [0, 0.1) is 0 Å². The normalized spacial score (nSPS) is 11.9. The third kappa shape index (κ3) is 6.32. The molecule has 0 aliphatic carbocycles. The lowest BCUT2D eigenvalue weighted by atomic mass is 10.1. The lowest BCUT2D eigenvalue weighted by molar-refractivity contribution is 0.306. The Morgan fingerprint density at radius 2 is 1.62 bits per heavy atom. The third-order valence-electron chi connectivity index (χ3n) is 3.35. The monoisotopic (exact) mass is 325 g/mol. The van der Waals surface area contributed by atoms with Crippen molar-refractivity contribution in [1.82, 2.24) is 10.6 Å². The first-order valence-corrected chi connectivity index (χ1v) is 8.21. The molecule has 2 rings (SSSR count). The minimum absolute atomic E-state index is 0.0169. The van der Waals surface area contributed by atoms with Crippen molar-refractivity contribution in [3.05, 3.63) is 65.7 Å². The Balaban J connectivity index is 1.83. The number of benzene rings is 2. The molecule has 2 N–H and O–H groups in total. The van der Waals surface area contributed by atoms with E-state index in [9.17, 15) is 0 Å². The van der Waals surface area contributed by atoms with Crippen molar-refractivity contribution >= 4 is 5.96 Å². The second-order valence-electron chi connectivity index (χ2n) is 6.72. The van der Waals surface area contributed by atoms with Gasteiger partial charge in [-0.05, 0) is 44.0 Å². The predicted octanol–water partition coefficient (Wildman–Crippen LogP) is 3.73. The maximum Gasteiger partial charge on any atom is 0.191 e. The Bertz CT molecular complexity index is 643. The summed E-state index contributed by atoms with van der Waals surface area (Å²) in [5.41, 5.74) is 2.33. The second kappa shape index (κ2) is 8.39. The number of rotatable bonds is 5. The molecule has 0 spiro atoms. The fraction of sp³-hybridized carbons (Fsp3) is 0.350. The molecule has 0 bridgehead atoms. The molecule has 0 fully saturated rings. The smallest absolute Gasteiger partial charge is 0.191 e. The maximum absolute atomic E-state index is 5.80. The lowest BCUT2D eigenvalue weighted by Crippen LogP contribution is -2.47. The topological polar surface area (TPSA) is 45.7 Å². The summed E-state index contributed by atoms with van der Waals surface area (Å²) in [6.45, 7) is 7.63. The number of guanidine groups is 1. The molecule has 0 amide bonds. The molecule has 2 aromatic rings. The average Bonchev–Trinajstić information content (AvgIpc) is 2.57. The zero-order valence-corrected chi connectivity index (χ0v) is 15.0. The number of hydrogen-bond acceptors (Lipinski definition) is 2. The molecule has 0 aromatic heterocycles. The van der Waals surface area contributed by atoms with E-state index in [-0.39, 0.29) is 5.54 Å². The molecule has 0 radical (unpaired) electrons. The van der Waals surface area contributed by atoms with E-state index in [1.54, 1.807) is 7.05 Å². The molecule has 0 aliphatic heterocycles. The quantitative estimate of drug-likeness (QED) is 0.650. The molecule has 24 heavy (non-hydrogen) atoms. The molecule has 0 saturated heterocycles. The maximum atomic E-state index is 5.80. The van der Waals surface area contributed by atoms with Gasteiger partial charge >= 0.3 is 0 Å². The van der Waals surface area contributed by atoms with Crippen LogP contribution in [-0.4, -0.2) is 18.5 Å². The fourth-order valence-electron chi connectivity index (χ4n) is 2.16. The second-order valence-corrected chi connectivity index (χ2v) is 6.72. The standard InChI is InChI=1S/C20H27N3O/c1-20(2,3)23-19(21-4)22-14-16-10-12-18(13-11-16)24-15-17-8-6-5-7-9-17/h5-13H,14-15H2,1-4H3,(H2,21,22,23). The zero-order chi connectivity index (χ0) is 17.4. The molecule has 2 aromatic carbocycles. The van der Waals surface area contributed by atoms with Gasteiger partial charge in [-0.3, -0.25) is 4.99 Å². The first-order chi connectivity index (χ1) is 11.5. The van der Waals surface area contributed by atoms with Crippen LogP contribution in [0.2, 0.25) is 0 Å². The van der Waals surface area contributed by atoms with Crippen LogP contribution in [0.5, 0.6) is 5.75 Å². The van der Waals surface area contributed by atoms with Gasteiger partial charge in [-0.15, -0.1) is 0 Å². The highest BCUT2D eigenvalue weighted by molar-refractivity contribution is 5.80. The number of nitrogens with one attached hydrogen (secondary N) is 2. The van der Waals surface area contributed by atoms with Crippen molar-refractivity contribution in [2.45, 2.75) is 39.5 Å². The van der Waals surface area contributed by atoms with Crippen LogP contribution in [0.3, 0.4) is 0 Å². The van der Waals surface area contributed by atoms with Crippen LogP contribution >= 0.6 is 0 Å². The Morgan fingerprint density at radius 1 is 0.958 bits per heavy atom. The summed E-state index contributed by atoms with van der Waals surface area (Å²) in [7, 11) is 1.78. The van der Waals surface area contributed by atoms with Gasteiger partial charge in [0.25, 0.3) is 0 Å². The van der Waals surface area contributed by atoms with Crippen molar-refractivity contribution in [2.75, 3.05) is 7.05 Å². The average molecular weight is 325 g/mol. The van der Waals surface area contributed by atoms with E-state index in [1.807, 2.05) is 30.3 Å². The van der Waals surface area contributed by atoms with E-state index < -0.39 is 0 Å². The molecule has 0 aliphatic rings. The summed E-state index contributed by atoms with van der Waals surface area (Å²) >= 11 is 0. The molecule has 4 nitrogen and oxygen atoms in total. The Morgan fingerprint density at radius 3 is 2.21 bits per heavy atom. The Kier molecular flexibility index (Phi) is 6.24. The molecule has 0 saturated carbocycles. The van der Waals surface area contributed by atoms with Gasteiger partial charge in [-0.1, -0.05) is 42.5 Å². The molecule has 0 atom stereocenters. The minimum Gasteiger partial charge on any atom is -0.489 e. The number of hydrogen-bond donors (Lipinski definition) is 2. The molecule has 0 unspecified atom stereocenters. The number of aliphatic imine (C=N–C) groups is 1.